The molecular weight excluding hydrogens is 1120 g/mol. The third kappa shape index (κ3) is 14.9. The molecule has 76 heavy (non-hydrogen) atoms. The SMILES string of the molecule is O=C1Cc2ccc(/C=C/CCC(=O)c3cccn(Cc4ccc(Cl)nc4)c3=O)cc2N1.O=C1Nc2cc(/C=C/CCC(=O)c3cccn(Cc4ccc(Cl)nc4)c3=O)ccc2/C1=C/c1cnc[nH]1.O=Cc1cnc[nH]1.[I-]. The van der Waals surface area contributed by atoms with Crippen molar-refractivity contribution in [1.29, 1.82) is 0 Å². The second kappa shape index (κ2) is 26.7. The van der Waals surface area contributed by atoms with Gasteiger partial charge in [-0.3, -0.25) is 33.6 Å². The quantitative estimate of drug-likeness (QED) is 0.0280. The molecule has 0 bridgehead atoms. The molecule has 8 heterocycles. The molecule has 20 heteroatoms. The van der Waals surface area contributed by atoms with Crippen LogP contribution in [0.5, 0.6) is 0 Å². The number of ketones is 2. The molecule has 10 rings (SSSR count). The predicted molar refractivity (Wildman–Crippen MR) is 288 cm³/mol. The van der Waals surface area contributed by atoms with Crippen LogP contribution in [0.25, 0.3) is 23.8 Å². The lowest BCUT2D eigenvalue weighted by atomic mass is 10.0. The van der Waals surface area contributed by atoms with Crippen molar-refractivity contribution in [1.82, 2.24) is 39.0 Å². The summed E-state index contributed by atoms with van der Waals surface area (Å²) in [5.74, 6) is -0.577. The van der Waals surface area contributed by atoms with Gasteiger partial charge < -0.3 is 53.7 Å². The first kappa shape index (κ1) is 55.3. The molecule has 0 spiro atoms. The summed E-state index contributed by atoms with van der Waals surface area (Å²) in [6, 6.07) is 24.9. The summed E-state index contributed by atoms with van der Waals surface area (Å²) < 4.78 is 2.98. The number of halogens is 3. The van der Waals surface area contributed by atoms with Gasteiger partial charge in [-0.2, -0.15) is 0 Å². The number of hydrogen-bond donors (Lipinski definition) is 4. The molecule has 2 aliphatic rings. The fraction of sp³-hybridized carbons (Fsp3) is 0.125. The number of amides is 2. The molecule has 0 atom stereocenters. The van der Waals surface area contributed by atoms with Crippen LogP contribution in [0, 0.1) is 0 Å². The van der Waals surface area contributed by atoms with Crippen LogP contribution in [-0.2, 0) is 29.1 Å². The van der Waals surface area contributed by atoms with Crippen LogP contribution in [0.15, 0.2) is 157 Å². The van der Waals surface area contributed by atoms with Crippen LogP contribution in [0.4, 0.5) is 11.4 Å². The zero-order valence-corrected chi connectivity index (χ0v) is 44.0. The van der Waals surface area contributed by atoms with Gasteiger partial charge in [0.1, 0.15) is 10.3 Å². The number of pyridine rings is 4. The Kier molecular flexibility index (Phi) is 19.4. The van der Waals surface area contributed by atoms with E-state index in [-0.39, 0.29) is 82.4 Å². The predicted octanol–water partition coefficient (Wildman–Crippen LogP) is 6.18. The van der Waals surface area contributed by atoms with Crippen LogP contribution < -0.4 is 45.7 Å². The summed E-state index contributed by atoms with van der Waals surface area (Å²) in [6.07, 6.45) is 24.6. The zero-order chi connectivity index (χ0) is 52.7. The van der Waals surface area contributed by atoms with Crippen LogP contribution in [0.1, 0.15) is 96.0 Å². The number of rotatable bonds is 16. The lowest BCUT2D eigenvalue weighted by Crippen LogP contribution is -3.00. The minimum absolute atomic E-state index is 0. The molecule has 0 saturated carbocycles. The highest BCUT2D eigenvalue weighted by molar-refractivity contribution is 6.35. The van der Waals surface area contributed by atoms with E-state index >= 15 is 0 Å². The zero-order valence-electron chi connectivity index (χ0n) is 40.3. The molecule has 0 unspecified atom stereocenters. The number of aromatic nitrogens is 8. The number of fused-ring (bicyclic) bond motifs is 2. The second-order valence-electron chi connectivity index (χ2n) is 17.0. The van der Waals surface area contributed by atoms with Gasteiger partial charge in [0, 0.05) is 54.6 Å². The minimum atomic E-state index is -0.334. The summed E-state index contributed by atoms with van der Waals surface area (Å²) in [5, 5.41) is 6.48. The molecule has 0 saturated heterocycles. The lowest BCUT2D eigenvalue weighted by Gasteiger charge is -2.07. The number of H-pyrrole nitrogens is 2. The average molecular weight is 1170 g/mol. The van der Waals surface area contributed by atoms with Crippen LogP contribution in [0.3, 0.4) is 0 Å². The van der Waals surface area contributed by atoms with Crippen molar-refractivity contribution in [3.05, 3.63) is 234 Å². The van der Waals surface area contributed by atoms with Gasteiger partial charge in [-0.1, -0.05) is 83.9 Å². The summed E-state index contributed by atoms with van der Waals surface area (Å²) >= 11 is 11.6. The largest absolute Gasteiger partial charge is 1.00 e. The Morgan fingerprint density at radius 3 is 1.67 bits per heavy atom. The van der Waals surface area contributed by atoms with E-state index in [4.69, 9.17) is 23.2 Å². The fourth-order valence-corrected chi connectivity index (χ4v) is 8.13. The van der Waals surface area contributed by atoms with Crippen molar-refractivity contribution in [3.63, 3.8) is 0 Å². The number of hydrogen-bond acceptors (Lipinski definition) is 11. The monoisotopic (exact) mass is 1170 g/mol. The normalized spacial score (nSPS) is 12.7. The number of carbonyl (C=O) groups excluding carboxylic acids is 5. The van der Waals surface area contributed by atoms with Crippen LogP contribution in [-0.4, -0.2) is 68.7 Å². The second-order valence-corrected chi connectivity index (χ2v) is 17.8. The van der Waals surface area contributed by atoms with Gasteiger partial charge in [-0.25, -0.2) is 19.9 Å². The molecule has 0 aliphatic carbocycles. The van der Waals surface area contributed by atoms with Crippen molar-refractivity contribution in [2.24, 2.45) is 0 Å². The van der Waals surface area contributed by atoms with Gasteiger partial charge in [-0.05, 0) is 95.3 Å². The number of nitrogens with one attached hydrogen (secondary N) is 4. The molecule has 384 valence electrons. The Bertz CT molecular complexity index is 3590. The molecule has 2 aromatic carbocycles. The number of nitrogens with zero attached hydrogens (tertiary/aromatic N) is 6. The number of imidazole rings is 2. The average Bonchev–Trinajstić information content (AvgIpc) is 4.26. The van der Waals surface area contributed by atoms with Gasteiger partial charge >= 0.3 is 0 Å². The summed E-state index contributed by atoms with van der Waals surface area (Å²) in [7, 11) is 0. The Labute approximate surface area is 461 Å². The lowest BCUT2D eigenvalue weighted by molar-refractivity contribution is -0.115. The van der Waals surface area contributed by atoms with E-state index < -0.39 is 0 Å². The number of aromatic amines is 2. The Morgan fingerprint density at radius 2 is 1.17 bits per heavy atom. The third-order valence-electron chi connectivity index (χ3n) is 11.7. The van der Waals surface area contributed by atoms with Gasteiger partial charge in [0.05, 0.1) is 72.6 Å². The van der Waals surface area contributed by atoms with Crippen molar-refractivity contribution >= 4 is 88.0 Å². The first-order valence-electron chi connectivity index (χ1n) is 23.4. The van der Waals surface area contributed by atoms with Gasteiger partial charge in [0.2, 0.25) is 5.91 Å². The summed E-state index contributed by atoms with van der Waals surface area (Å²) in [6.45, 7) is 0.622. The highest BCUT2D eigenvalue weighted by Gasteiger charge is 2.24. The third-order valence-corrected chi connectivity index (χ3v) is 12.1. The van der Waals surface area contributed by atoms with Crippen LogP contribution in [0.2, 0.25) is 10.3 Å². The standard InChI is InChI=1S/C28H22ClN5O3.C24H20ClN3O3.C4H4N2O.HI/c29-26-10-8-19(14-31-26)16-34-11-3-5-22(28(34)37)25(35)6-2-1-4-18-7-9-21-23(13-20-15-30-17-32-20)27(36)33-24(21)12-18;25-22-10-8-17(14-26-22)15-28-11-3-5-19(24(28)31)21(29)6-2-1-4-16-7-9-18-13-23(30)27-20(18)12-16;7-2-4-1-5-3-6-4;/h1,3-5,7-15,17H,2,6,16H2,(H,30,32)(H,33,36);1,3-5,7-12,14H,2,6,13,15H2,(H,27,30);1-3H,(H,5,6);1H/p-1/b4-1+,23-13-;4-1+;;. The summed E-state index contributed by atoms with van der Waals surface area (Å²) in [5.41, 5.74) is 8.39. The van der Waals surface area contributed by atoms with E-state index in [9.17, 15) is 33.6 Å². The topological polar surface area (TPSA) is 237 Å². The molecule has 2 amide bonds. The molecule has 8 aromatic rings. The van der Waals surface area contributed by atoms with Crippen molar-refractivity contribution in [2.45, 2.75) is 45.2 Å². The molecule has 2 aliphatic heterocycles. The van der Waals surface area contributed by atoms with E-state index in [2.05, 4.69) is 40.5 Å². The number of anilines is 2. The number of aldehydes is 1. The summed E-state index contributed by atoms with van der Waals surface area (Å²) in [4.78, 5) is 106. The molecule has 17 nitrogen and oxygen atoms in total. The Morgan fingerprint density at radius 1 is 0.632 bits per heavy atom. The maximum Gasteiger partial charge on any atom is 0.261 e. The molecular formula is C56H46Cl2IN10O7-. The van der Waals surface area contributed by atoms with E-state index in [0.717, 1.165) is 50.4 Å². The maximum absolute atomic E-state index is 12.8. The fourth-order valence-electron chi connectivity index (χ4n) is 7.90. The number of Topliss-reactive ketones (excluding diaryl/α,β-unsaturated/α-hetero) is 2. The van der Waals surface area contributed by atoms with Gasteiger partial charge in [-0.15, -0.1) is 0 Å². The van der Waals surface area contributed by atoms with Crippen molar-refractivity contribution in [3.8, 4) is 0 Å². The maximum atomic E-state index is 12.8. The van der Waals surface area contributed by atoms with Crippen LogP contribution >= 0.6 is 23.2 Å². The Balaban J connectivity index is 0.000000196. The first-order valence-corrected chi connectivity index (χ1v) is 24.2. The van der Waals surface area contributed by atoms with Crippen molar-refractivity contribution in [2.75, 3.05) is 10.6 Å². The molecule has 6 aromatic heterocycles. The number of allylic oxidation sites excluding steroid dienone is 2. The van der Waals surface area contributed by atoms with Gasteiger partial charge in [0.15, 0.2) is 17.9 Å². The number of carbonyl (C=O) groups is 5. The molecule has 4 N–H and O–H groups in total. The van der Waals surface area contributed by atoms with E-state index in [0.29, 0.717) is 60.2 Å². The van der Waals surface area contributed by atoms with E-state index in [1.165, 1.54) is 21.7 Å². The Hall–Kier alpha value is -8.46. The highest BCUT2D eigenvalue weighted by Crippen LogP contribution is 2.34. The van der Waals surface area contributed by atoms with E-state index in [1.807, 2.05) is 60.7 Å². The van der Waals surface area contributed by atoms with E-state index in [1.54, 1.807) is 91.9 Å². The van der Waals surface area contributed by atoms with Gasteiger partial charge in [0.25, 0.3) is 17.0 Å². The minimum Gasteiger partial charge on any atom is -1.00 e. The first-order chi connectivity index (χ1) is 36.4. The number of benzene rings is 2. The van der Waals surface area contributed by atoms with Crippen molar-refractivity contribution < 1.29 is 47.9 Å². The molecule has 0 radical (unpaired) electrons. The smallest absolute Gasteiger partial charge is 0.261 e. The highest BCUT2D eigenvalue weighted by atomic mass is 127. The molecule has 0 fully saturated rings.